The highest BCUT2D eigenvalue weighted by Crippen LogP contribution is 2.28. The van der Waals surface area contributed by atoms with Crippen molar-refractivity contribution in [3.05, 3.63) is 16.6 Å². The molecule has 1 N–H and O–H groups in total. The second kappa shape index (κ2) is 4.20. The van der Waals surface area contributed by atoms with Gasteiger partial charge in [0.05, 0.1) is 0 Å². The highest BCUT2D eigenvalue weighted by atomic mass is 32.1. The standard InChI is InChI=1S/C11H17N3S/c1-2-10-9(3-6-14(10)5-1)13-8-11-12-4-7-15-11/h4,7,9-10,13H,1-3,5-6,8H2. The van der Waals surface area contributed by atoms with Crippen LogP contribution in [0.3, 0.4) is 0 Å². The van der Waals surface area contributed by atoms with Gasteiger partial charge in [0.15, 0.2) is 0 Å². The maximum Gasteiger partial charge on any atom is 0.106 e. The van der Waals surface area contributed by atoms with Crippen LogP contribution in [0.1, 0.15) is 24.3 Å². The molecule has 3 rings (SSSR count). The fourth-order valence-corrected chi connectivity index (χ4v) is 3.45. The minimum atomic E-state index is 0.705. The molecule has 3 heterocycles. The Morgan fingerprint density at radius 1 is 1.47 bits per heavy atom. The molecular formula is C11H17N3S. The summed E-state index contributed by atoms with van der Waals surface area (Å²) in [4.78, 5) is 6.94. The molecule has 3 nitrogen and oxygen atoms in total. The van der Waals surface area contributed by atoms with Gasteiger partial charge in [0, 0.05) is 36.8 Å². The van der Waals surface area contributed by atoms with Crippen molar-refractivity contribution in [2.45, 2.75) is 37.9 Å². The third-order valence-electron chi connectivity index (χ3n) is 3.60. The lowest BCUT2D eigenvalue weighted by molar-refractivity contribution is 0.298. The van der Waals surface area contributed by atoms with E-state index in [1.807, 2.05) is 11.6 Å². The lowest BCUT2D eigenvalue weighted by Crippen LogP contribution is -2.38. The van der Waals surface area contributed by atoms with Crippen molar-refractivity contribution < 1.29 is 0 Å². The molecular weight excluding hydrogens is 206 g/mol. The van der Waals surface area contributed by atoms with Crippen LogP contribution >= 0.6 is 11.3 Å². The molecule has 2 unspecified atom stereocenters. The molecule has 4 heteroatoms. The highest BCUT2D eigenvalue weighted by molar-refractivity contribution is 7.09. The van der Waals surface area contributed by atoms with Gasteiger partial charge in [-0.3, -0.25) is 4.90 Å². The monoisotopic (exact) mass is 223 g/mol. The van der Waals surface area contributed by atoms with Gasteiger partial charge >= 0.3 is 0 Å². The molecule has 2 aliphatic rings. The molecule has 0 bridgehead atoms. The average Bonchev–Trinajstić information content (AvgIpc) is 2.93. The number of nitrogens with zero attached hydrogens (tertiary/aromatic N) is 2. The maximum absolute atomic E-state index is 4.31. The van der Waals surface area contributed by atoms with Crippen LogP contribution in [0.25, 0.3) is 0 Å². The Labute approximate surface area is 94.5 Å². The normalized spacial score (nSPS) is 30.9. The first-order valence-electron chi connectivity index (χ1n) is 5.79. The average molecular weight is 223 g/mol. The van der Waals surface area contributed by atoms with Gasteiger partial charge in [-0.05, 0) is 25.8 Å². The quantitative estimate of drug-likeness (QED) is 0.841. The fraction of sp³-hybridized carbons (Fsp3) is 0.727. The predicted octanol–water partition coefficient (Wildman–Crippen LogP) is 1.47. The van der Waals surface area contributed by atoms with Gasteiger partial charge in [0.2, 0.25) is 0 Å². The Morgan fingerprint density at radius 3 is 3.33 bits per heavy atom. The molecule has 0 aromatic carbocycles. The van der Waals surface area contributed by atoms with Crippen LogP contribution < -0.4 is 5.32 Å². The Kier molecular flexibility index (Phi) is 2.73. The van der Waals surface area contributed by atoms with Crippen molar-refractivity contribution in [2.24, 2.45) is 0 Å². The second-order valence-corrected chi connectivity index (χ2v) is 5.43. The van der Waals surface area contributed by atoms with E-state index in [0.29, 0.717) is 6.04 Å². The fourth-order valence-electron chi connectivity index (χ4n) is 2.88. The van der Waals surface area contributed by atoms with E-state index in [4.69, 9.17) is 0 Å². The highest BCUT2D eigenvalue weighted by Gasteiger charge is 2.36. The molecule has 15 heavy (non-hydrogen) atoms. The first-order valence-corrected chi connectivity index (χ1v) is 6.67. The number of thiazole rings is 1. The maximum atomic E-state index is 4.31. The summed E-state index contributed by atoms with van der Waals surface area (Å²) in [5.41, 5.74) is 0. The van der Waals surface area contributed by atoms with Gasteiger partial charge in [-0.2, -0.15) is 0 Å². The molecule has 0 aliphatic carbocycles. The summed E-state index contributed by atoms with van der Waals surface area (Å²) in [5, 5.41) is 6.93. The minimum Gasteiger partial charge on any atom is -0.306 e. The Bertz CT molecular complexity index is 312. The first-order chi connectivity index (χ1) is 7.43. The molecule has 1 aromatic rings. The smallest absolute Gasteiger partial charge is 0.106 e. The van der Waals surface area contributed by atoms with Gasteiger partial charge in [-0.25, -0.2) is 4.98 Å². The molecule has 2 atom stereocenters. The van der Waals surface area contributed by atoms with Crippen LogP contribution in [0.15, 0.2) is 11.6 Å². The molecule has 0 saturated carbocycles. The number of nitrogens with one attached hydrogen (secondary N) is 1. The molecule has 1 aromatic heterocycles. The van der Waals surface area contributed by atoms with Crippen molar-refractivity contribution in [1.29, 1.82) is 0 Å². The van der Waals surface area contributed by atoms with E-state index < -0.39 is 0 Å². The number of hydrogen-bond donors (Lipinski definition) is 1. The van der Waals surface area contributed by atoms with Crippen LogP contribution in [-0.4, -0.2) is 35.1 Å². The van der Waals surface area contributed by atoms with E-state index in [-0.39, 0.29) is 0 Å². The Morgan fingerprint density at radius 2 is 2.47 bits per heavy atom. The van der Waals surface area contributed by atoms with Crippen molar-refractivity contribution >= 4 is 11.3 Å². The van der Waals surface area contributed by atoms with Gasteiger partial charge < -0.3 is 5.32 Å². The summed E-state index contributed by atoms with van der Waals surface area (Å²) in [6.45, 7) is 3.56. The topological polar surface area (TPSA) is 28.2 Å². The predicted molar refractivity (Wildman–Crippen MR) is 62.0 cm³/mol. The third-order valence-corrected chi connectivity index (χ3v) is 4.38. The van der Waals surface area contributed by atoms with Crippen LogP contribution in [0, 0.1) is 0 Å². The van der Waals surface area contributed by atoms with Crippen LogP contribution in [-0.2, 0) is 6.54 Å². The van der Waals surface area contributed by atoms with E-state index in [1.54, 1.807) is 11.3 Å². The van der Waals surface area contributed by atoms with Gasteiger partial charge in [-0.15, -0.1) is 11.3 Å². The van der Waals surface area contributed by atoms with Gasteiger partial charge in [0.1, 0.15) is 5.01 Å². The van der Waals surface area contributed by atoms with E-state index in [0.717, 1.165) is 12.6 Å². The molecule has 82 valence electrons. The summed E-state index contributed by atoms with van der Waals surface area (Å²) in [7, 11) is 0. The molecule has 2 saturated heterocycles. The van der Waals surface area contributed by atoms with E-state index >= 15 is 0 Å². The Balaban J connectivity index is 1.55. The van der Waals surface area contributed by atoms with Crippen LogP contribution in [0.5, 0.6) is 0 Å². The molecule has 0 spiro atoms. The number of hydrogen-bond acceptors (Lipinski definition) is 4. The lowest BCUT2D eigenvalue weighted by atomic mass is 10.1. The summed E-state index contributed by atoms with van der Waals surface area (Å²) in [6.07, 6.45) is 5.98. The van der Waals surface area contributed by atoms with Crippen molar-refractivity contribution in [3.63, 3.8) is 0 Å². The third kappa shape index (κ3) is 1.94. The van der Waals surface area contributed by atoms with Gasteiger partial charge in [-0.1, -0.05) is 0 Å². The first kappa shape index (κ1) is 9.75. The zero-order valence-electron chi connectivity index (χ0n) is 8.85. The SMILES string of the molecule is c1csc(CNC2CCN3CCCC23)n1. The molecule has 0 radical (unpaired) electrons. The zero-order valence-corrected chi connectivity index (χ0v) is 9.67. The summed E-state index contributed by atoms with van der Waals surface area (Å²) >= 11 is 1.74. The van der Waals surface area contributed by atoms with E-state index in [2.05, 4.69) is 15.2 Å². The van der Waals surface area contributed by atoms with Crippen molar-refractivity contribution in [2.75, 3.05) is 13.1 Å². The number of fused-ring (bicyclic) bond motifs is 1. The number of rotatable bonds is 3. The molecule has 2 fully saturated rings. The van der Waals surface area contributed by atoms with Crippen LogP contribution in [0.4, 0.5) is 0 Å². The summed E-state index contributed by atoms with van der Waals surface area (Å²) in [6, 6.07) is 1.52. The van der Waals surface area contributed by atoms with Gasteiger partial charge in [0.25, 0.3) is 0 Å². The summed E-state index contributed by atoms with van der Waals surface area (Å²) in [5.74, 6) is 0. The van der Waals surface area contributed by atoms with Crippen LogP contribution in [0.2, 0.25) is 0 Å². The van der Waals surface area contributed by atoms with Crippen molar-refractivity contribution in [3.8, 4) is 0 Å². The largest absolute Gasteiger partial charge is 0.306 e. The van der Waals surface area contributed by atoms with E-state index in [9.17, 15) is 0 Å². The second-order valence-electron chi connectivity index (χ2n) is 4.45. The molecule has 0 amide bonds. The van der Waals surface area contributed by atoms with E-state index in [1.165, 1.54) is 37.4 Å². The summed E-state index contributed by atoms with van der Waals surface area (Å²) < 4.78 is 0. The Hall–Kier alpha value is -0.450. The number of aromatic nitrogens is 1. The zero-order chi connectivity index (χ0) is 10.1. The minimum absolute atomic E-state index is 0.705. The van der Waals surface area contributed by atoms with Crippen molar-refractivity contribution in [1.82, 2.24) is 15.2 Å². The molecule has 2 aliphatic heterocycles. The lowest BCUT2D eigenvalue weighted by Gasteiger charge is -2.20.